The van der Waals surface area contributed by atoms with E-state index in [0.717, 1.165) is 11.3 Å². The minimum atomic E-state index is -0.637. The third kappa shape index (κ3) is 4.65. The Morgan fingerprint density at radius 3 is 2.59 bits per heavy atom. The summed E-state index contributed by atoms with van der Waals surface area (Å²) in [5.41, 5.74) is 2.11. The highest BCUT2D eigenvalue weighted by atomic mass is 35.5. The molecule has 3 aliphatic rings. The number of phenolic OH excluding ortho intramolecular Hbond substituents is 1. The molecule has 2 aliphatic heterocycles. The first-order valence-electron chi connectivity index (χ1n) is 12.8. The van der Waals surface area contributed by atoms with Crippen molar-refractivity contribution >= 4 is 23.3 Å². The summed E-state index contributed by atoms with van der Waals surface area (Å²) in [6.07, 6.45) is 1.40. The lowest BCUT2D eigenvalue weighted by atomic mass is 9.74. The van der Waals surface area contributed by atoms with Crippen LogP contribution in [0.2, 0.25) is 0 Å². The lowest BCUT2D eigenvalue weighted by molar-refractivity contribution is -0.136. The van der Waals surface area contributed by atoms with Crippen LogP contribution in [0, 0.1) is 11.8 Å². The number of hydrogen-bond donors (Lipinski definition) is 1. The van der Waals surface area contributed by atoms with Gasteiger partial charge in [0.1, 0.15) is 11.9 Å². The molecule has 1 fully saturated rings. The minimum absolute atomic E-state index is 0.00597. The SMILES string of the molecule is CCOc1cc(C2C3=C(OC4CC(C)C(Cl)CC4C3=O)C(=O)N2CCc2ccc(OC)cc2)ccc1O. The monoisotopic (exact) mass is 525 g/mol. The summed E-state index contributed by atoms with van der Waals surface area (Å²) < 4.78 is 17.2. The Morgan fingerprint density at radius 1 is 1.14 bits per heavy atom. The maximum absolute atomic E-state index is 13.9. The number of carbonyl (C=O) groups excluding carboxylic acids is 2. The number of nitrogens with zero attached hydrogens (tertiary/aromatic N) is 1. The second kappa shape index (κ2) is 10.3. The smallest absolute Gasteiger partial charge is 0.290 e. The summed E-state index contributed by atoms with van der Waals surface area (Å²) in [6.45, 7) is 4.64. The summed E-state index contributed by atoms with van der Waals surface area (Å²) in [7, 11) is 1.62. The summed E-state index contributed by atoms with van der Waals surface area (Å²) in [4.78, 5) is 29.4. The van der Waals surface area contributed by atoms with Gasteiger partial charge in [-0.3, -0.25) is 9.59 Å². The van der Waals surface area contributed by atoms with E-state index in [1.165, 1.54) is 0 Å². The van der Waals surface area contributed by atoms with Crippen LogP contribution in [0.3, 0.4) is 0 Å². The lowest BCUT2D eigenvalue weighted by Gasteiger charge is -2.40. The maximum atomic E-state index is 13.9. The topological polar surface area (TPSA) is 85.3 Å². The predicted octanol–water partition coefficient (Wildman–Crippen LogP) is 4.80. The number of carbonyl (C=O) groups is 2. The molecule has 7 nitrogen and oxygen atoms in total. The van der Waals surface area contributed by atoms with Gasteiger partial charge >= 0.3 is 0 Å². The van der Waals surface area contributed by atoms with E-state index in [0.29, 0.717) is 49.3 Å². The van der Waals surface area contributed by atoms with Gasteiger partial charge in [-0.1, -0.05) is 25.1 Å². The van der Waals surface area contributed by atoms with Crippen molar-refractivity contribution in [3.8, 4) is 17.2 Å². The Hall–Kier alpha value is -3.19. The fourth-order valence-corrected chi connectivity index (χ4v) is 5.95. The molecule has 5 atom stereocenters. The van der Waals surface area contributed by atoms with E-state index >= 15 is 0 Å². The highest BCUT2D eigenvalue weighted by molar-refractivity contribution is 6.21. The van der Waals surface area contributed by atoms with Crippen LogP contribution in [0.1, 0.15) is 43.9 Å². The van der Waals surface area contributed by atoms with E-state index in [2.05, 4.69) is 6.92 Å². The van der Waals surface area contributed by atoms with Crippen molar-refractivity contribution in [1.29, 1.82) is 0 Å². The zero-order chi connectivity index (χ0) is 26.3. The van der Waals surface area contributed by atoms with Crippen molar-refractivity contribution < 1.29 is 28.9 Å². The van der Waals surface area contributed by atoms with Crippen LogP contribution in [-0.4, -0.2) is 53.4 Å². The van der Waals surface area contributed by atoms with Gasteiger partial charge in [-0.15, -0.1) is 11.6 Å². The molecule has 0 radical (unpaired) electrons. The summed E-state index contributed by atoms with van der Waals surface area (Å²) in [6, 6.07) is 12.1. The first kappa shape index (κ1) is 25.5. The second-order valence-electron chi connectivity index (χ2n) is 9.99. The molecule has 0 saturated heterocycles. The van der Waals surface area contributed by atoms with Gasteiger partial charge in [-0.2, -0.15) is 0 Å². The average Bonchev–Trinajstić information content (AvgIpc) is 3.17. The Balaban J connectivity index is 1.51. The highest BCUT2D eigenvalue weighted by Gasteiger charge is 2.53. The Bertz CT molecular complexity index is 1230. The van der Waals surface area contributed by atoms with Crippen LogP contribution in [0.4, 0.5) is 0 Å². The number of hydrogen-bond acceptors (Lipinski definition) is 6. The van der Waals surface area contributed by atoms with Crippen LogP contribution in [0.5, 0.6) is 17.2 Å². The molecule has 5 rings (SSSR count). The molecular formula is C29H32ClNO6. The third-order valence-corrected chi connectivity index (χ3v) is 8.31. The van der Waals surface area contributed by atoms with Gasteiger partial charge in [0.25, 0.3) is 5.91 Å². The molecule has 8 heteroatoms. The molecule has 37 heavy (non-hydrogen) atoms. The van der Waals surface area contributed by atoms with E-state index < -0.39 is 6.04 Å². The molecule has 2 heterocycles. The standard InChI is InChI=1S/C29H32ClNO6/c1-4-36-24-14-18(7-10-22(24)32)26-25-27(33)20-15-21(30)16(2)13-23(20)37-28(25)29(34)31(26)12-11-17-5-8-19(35-3)9-6-17/h5-10,14,16,20-21,23,26,32H,4,11-13,15H2,1-3H3. The number of fused-ring (bicyclic) bond motifs is 1. The minimum Gasteiger partial charge on any atom is -0.504 e. The van der Waals surface area contributed by atoms with Crippen molar-refractivity contribution in [2.75, 3.05) is 20.3 Å². The van der Waals surface area contributed by atoms with Crippen LogP contribution >= 0.6 is 11.6 Å². The highest BCUT2D eigenvalue weighted by Crippen LogP contribution is 2.49. The van der Waals surface area contributed by atoms with Gasteiger partial charge < -0.3 is 24.2 Å². The van der Waals surface area contributed by atoms with Crippen LogP contribution in [0.25, 0.3) is 0 Å². The molecular weight excluding hydrogens is 494 g/mol. The van der Waals surface area contributed by atoms with Crippen molar-refractivity contribution in [1.82, 2.24) is 4.90 Å². The number of Topliss-reactive ketones (excluding diaryl/α,β-unsaturated/α-hetero) is 1. The molecule has 2 aromatic carbocycles. The number of ketones is 1. The van der Waals surface area contributed by atoms with Crippen LogP contribution in [-0.2, 0) is 20.7 Å². The van der Waals surface area contributed by atoms with Crippen molar-refractivity contribution in [3.05, 3.63) is 64.9 Å². The third-order valence-electron chi connectivity index (χ3n) is 7.71. The maximum Gasteiger partial charge on any atom is 0.290 e. The number of methoxy groups -OCH3 is 1. The normalized spacial score (nSPS) is 27.0. The summed E-state index contributed by atoms with van der Waals surface area (Å²) >= 11 is 6.56. The zero-order valence-electron chi connectivity index (χ0n) is 21.3. The first-order chi connectivity index (χ1) is 17.8. The Labute approximate surface area is 222 Å². The van der Waals surface area contributed by atoms with Crippen molar-refractivity contribution in [2.24, 2.45) is 11.8 Å². The number of phenols is 1. The van der Waals surface area contributed by atoms with Gasteiger partial charge in [-0.25, -0.2) is 0 Å². The van der Waals surface area contributed by atoms with Crippen molar-refractivity contribution in [3.63, 3.8) is 0 Å². The molecule has 0 bridgehead atoms. The van der Waals surface area contributed by atoms with Gasteiger partial charge in [0.2, 0.25) is 0 Å². The van der Waals surface area contributed by atoms with E-state index in [1.807, 2.05) is 31.2 Å². The summed E-state index contributed by atoms with van der Waals surface area (Å²) in [5, 5.41) is 10.2. The number of halogens is 1. The molecule has 2 aromatic rings. The van der Waals surface area contributed by atoms with E-state index in [4.69, 9.17) is 25.8 Å². The summed E-state index contributed by atoms with van der Waals surface area (Å²) in [5.74, 6) is 0.693. The Kier molecular flexibility index (Phi) is 7.08. The molecule has 196 valence electrons. The van der Waals surface area contributed by atoms with E-state index in [1.54, 1.807) is 30.2 Å². The molecule has 0 aromatic heterocycles. The number of ether oxygens (including phenoxy) is 3. The van der Waals surface area contributed by atoms with E-state index in [-0.39, 0.29) is 46.5 Å². The van der Waals surface area contributed by atoms with Crippen LogP contribution in [0.15, 0.2) is 53.8 Å². The molecule has 5 unspecified atom stereocenters. The van der Waals surface area contributed by atoms with Gasteiger partial charge in [-0.05, 0) is 67.5 Å². The van der Waals surface area contributed by atoms with Crippen LogP contribution < -0.4 is 9.47 Å². The van der Waals surface area contributed by atoms with Gasteiger partial charge in [0, 0.05) is 11.9 Å². The molecule has 1 N–H and O–H groups in total. The lowest BCUT2D eigenvalue weighted by Crippen LogP contribution is -2.44. The fourth-order valence-electron chi connectivity index (χ4n) is 5.66. The van der Waals surface area contributed by atoms with Gasteiger partial charge in [0.15, 0.2) is 23.0 Å². The number of benzene rings is 2. The predicted molar refractivity (Wildman–Crippen MR) is 139 cm³/mol. The fraction of sp³-hybridized carbons (Fsp3) is 0.448. The molecule has 1 amide bonds. The molecule has 1 aliphatic carbocycles. The first-order valence-corrected chi connectivity index (χ1v) is 13.2. The average molecular weight is 526 g/mol. The number of rotatable bonds is 7. The second-order valence-corrected chi connectivity index (χ2v) is 10.6. The molecule has 1 saturated carbocycles. The number of amides is 1. The Morgan fingerprint density at radius 2 is 1.89 bits per heavy atom. The number of aromatic hydroxyl groups is 1. The van der Waals surface area contributed by atoms with Crippen molar-refractivity contribution in [2.45, 2.75) is 50.6 Å². The largest absolute Gasteiger partial charge is 0.504 e. The number of alkyl halides is 1. The molecule has 0 spiro atoms. The zero-order valence-corrected chi connectivity index (χ0v) is 22.0. The quantitative estimate of drug-likeness (QED) is 0.523. The van der Waals surface area contributed by atoms with Gasteiger partial charge in [0.05, 0.1) is 31.2 Å². The van der Waals surface area contributed by atoms with E-state index in [9.17, 15) is 14.7 Å².